The van der Waals surface area contributed by atoms with E-state index in [1.165, 1.54) is 18.0 Å². The lowest BCUT2D eigenvalue weighted by Gasteiger charge is -2.04. The number of rotatable bonds is 4. The smallest absolute Gasteiger partial charge is 0.343 e. The fourth-order valence-electron chi connectivity index (χ4n) is 0.943. The topological polar surface area (TPSA) is 78.1 Å². The molecule has 0 aliphatic carbocycles. The van der Waals surface area contributed by atoms with Crippen LogP contribution in [-0.4, -0.2) is 28.3 Å². The van der Waals surface area contributed by atoms with Crippen LogP contribution in [0.4, 0.5) is 5.82 Å². The summed E-state index contributed by atoms with van der Waals surface area (Å²) in [6, 6.07) is 0. The Hall–Kier alpha value is -1.30. The van der Waals surface area contributed by atoms with Gasteiger partial charge >= 0.3 is 5.97 Å². The quantitative estimate of drug-likeness (QED) is 0.475. The fourth-order valence-corrected chi connectivity index (χ4v) is 1.49. The maximum Gasteiger partial charge on any atom is 0.343 e. The van der Waals surface area contributed by atoms with Gasteiger partial charge < -0.3 is 10.5 Å². The lowest BCUT2D eigenvalue weighted by Crippen LogP contribution is -2.10. The standard InChI is InChI=1S/C9H13N3O2S/c1-3-14-8(13)6-5-11-9(15-4-2)12-7(6)10/h5H,3-4H2,1-2H3,(H2,10,11,12). The Morgan fingerprint density at radius 3 is 2.87 bits per heavy atom. The molecule has 0 aromatic carbocycles. The van der Waals surface area contributed by atoms with Crippen molar-refractivity contribution >= 4 is 23.5 Å². The summed E-state index contributed by atoms with van der Waals surface area (Å²) in [5.74, 6) is 0.542. The molecule has 5 nitrogen and oxygen atoms in total. The van der Waals surface area contributed by atoms with Gasteiger partial charge in [-0.2, -0.15) is 0 Å². The van der Waals surface area contributed by atoms with Crippen molar-refractivity contribution < 1.29 is 9.53 Å². The molecule has 1 aromatic heterocycles. The normalized spacial score (nSPS) is 10.0. The van der Waals surface area contributed by atoms with E-state index < -0.39 is 5.97 Å². The van der Waals surface area contributed by atoms with E-state index in [1.54, 1.807) is 6.92 Å². The molecule has 0 aliphatic rings. The van der Waals surface area contributed by atoms with Gasteiger partial charge in [0.15, 0.2) is 5.16 Å². The molecule has 0 saturated heterocycles. The molecule has 0 aliphatic heterocycles. The van der Waals surface area contributed by atoms with E-state index in [9.17, 15) is 4.79 Å². The van der Waals surface area contributed by atoms with E-state index in [0.717, 1.165) is 5.75 Å². The highest BCUT2D eigenvalue weighted by Gasteiger charge is 2.13. The first-order valence-electron chi connectivity index (χ1n) is 4.61. The molecule has 1 rings (SSSR count). The summed E-state index contributed by atoms with van der Waals surface area (Å²) in [7, 11) is 0. The van der Waals surface area contributed by atoms with Crippen molar-refractivity contribution in [1.29, 1.82) is 0 Å². The molecule has 0 fully saturated rings. The molecule has 15 heavy (non-hydrogen) atoms. The maximum absolute atomic E-state index is 11.3. The van der Waals surface area contributed by atoms with E-state index in [1.807, 2.05) is 6.92 Å². The highest BCUT2D eigenvalue weighted by molar-refractivity contribution is 7.99. The first-order chi connectivity index (χ1) is 7.19. The number of aromatic nitrogens is 2. The van der Waals surface area contributed by atoms with Crippen LogP contribution in [0, 0.1) is 0 Å². The molecule has 0 bridgehead atoms. The molecule has 0 amide bonds. The van der Waals surface area contributed by atoms with Crippen molar-refractivity contribution in [2.24, 2.45) is 0 Å². The van der Waals surface area contributed by atoms with Crippen molar-refractivity contribution in [3.8, 4) is 0 Å². The highest BCUT2D eigenvalue weighted by Crippen LogP contribution is 2.16. The van der Waals surface area contributed by atoms with Crippen LogP contribution in [0.1, 0.15) is 24.2 Å². The number of thioether (sulfide) groups is 1. The largest absolute Gasteiger partial charge is 0.462 e. The van der Waals surface area contributed by atoms with Gasteiger partial charge in [-0.3, -0.25) is 0 Å². The van der Waals surface area contributed by atoms with Crippen molar-refractivity contribution in [1.82, 2.24) is 9.97 Å². The van der Waals surface area contributed by atoms with Gasteiger partial charge in [0.2, 0.25) is 0 Å². The molecule has 0 unspecified atom stereocenters. The number of carbonyl (C=O) groups is 1. The van der Waals surface area contributed by atoms with Gasteiger partial charge in [0.05, 0.1) is 6.61 Å². The van der Waals surface area contributed by atoms with E-state index in [-0.39, 0.29) is 11.4 Å². The Morgan fingerprint density at radius 2 is 2.33 bits per heavy atom. The van der Waals surface area contributed by atoms with Crippen LogP contribution in [0.3, 0.4) is 0 Å². The third-order valence-corrected chi connectivity index (χ3v) is 2.31. The van der Waals surface area contributed by atoms with Crippen LogP contribution < -0.4 is 5.73 Å². The van der Waals surface area contributed by atoms with Crippen molar-refractivity contribution in [2.45, 2.75) is 19.0 Å². The summed E-state index contributed by atoms with van der Waals surface area (Å²) >= 11 is 1.47. The predicted octanol–water partition coefficient (Wildman–Crippen LogP) is 1.35. The number of carbonyl (C=O) groups excluding carboxylic acids is 1. The minimum atomic E-state index is -0.483. The zero-order valence-electron chi connectivity index (χ0n) is 8.69. The summed E-state index contributed by atoms with van der Waals surface area (Å²) in [5.41, 5.74) is 5.84. The summed E-state index contributed by atoms with van der Waals surface area (Å²) in [6.07, 6.45) is 1.40. The second kappa shape index (κ2) is 5.55. The van der Waals surface area contributed by atoms with E-state index >= 15 is 0 Å². The number of nitrogens with zero attached hydrogens (tertiary/aromatic N) is 2. The SMILES string of the molecule is CCOC(=O)c1cnc(SCC)nc1N. The second-order valence-electron chi connectivity index (χ2n) is 2.60. The van der Waals surface area contributed by atoms with E-state index in [2.05, 4.69) is 9.97 Å². The monoisotopic (exact) mass is 227 g/mol. The lowest BCUT2D eigenvalue weighted by molar-refractivity contribution is 0.0526. The molecule has 0 saturated carbocycles. The highest BCUT2D eigenvalue weighted by atomic mass is 32.2. The first-order valence-corrected chi connectivity index (χ1v) is 5.60. The van der Waals surface area contributed by atoms with Crippen LogP contribution in [0.15, 0.2) is 11.4 Å². The molecule has 2 N–H and O–H groups in total. The minimum absolute atomic E-state index is 0.166. The molecular weight excluding hydrogens is 214 g/mol. The number of esters is 1. The van der Waals surface area contributed by atoms with Gasteiger partial charge in [0.1, 0.15) is 11.4 Å². The average molecular weight is 227 g/mol. The summed E-state index contributed by atoms with van der Waals surface area (Å²) < 4.78 is 4.80. The van der Waals surface area contributed by atoms with Gasteiger partial charge in [-0.25, -0.2) is 14.8 Å². The van der Waals surface area contributed by atoms with Gasteiger partial charge in [-0.05, 0) is 12.7 Å². The Morgan fingerprint density at radius 1 is 1.60 bits per heavy atom. The maximum atomic E-state index is 11.3. The predicted molar refractivity (Wildman–Crippen MR) is 58.8 cm³/mol. The van der Waals surface area contributed by atoms with Crippen LogP contribution in [0.5, 0.6) is 0 Å². The van der Waals surface area contributed by atoms with E-state index in [4.69, 9.17) is 10.5 Å². The third-order valence-electron chi connectivity index (χ3n) is 1.56. The average Bonchev–Trinajstić information content (AvgIpc) is 2.18. The lowest BCUT2D eigenvalue weighted by atomic mass is 10.3. The zero-order chi connectivity index (χ0) is 11.3. The van der Waals surface area contributed by atoms with E-state index in [0.29, 0.717) is 11.8 Å². The fraction of sp³-hybridized carbons (Fsp3) is 0.444. The molecule has 1 aromatic rings. The molecule has 82 valence electrons. The Balaban J connectivity index is 2.87. The van der Waals surface area contributed by atoms with Crippen LogP contribution in [-0.2, 0) is 4.74 Å². The molecule has 0 radical (unpaired) electrons. The van der Waals surface area contributed by atoms with Crippen LogP contribution in [0.25, 0.3) is 0 Å². The number of nitrogen functional groups attached to an aromatic ring is 1. The zero-order valence-corrected chi connectivity index (χ0v) is 9.50. The Labute approximate surface area is 92.4 Å². The molecule has 0 atom stereocenters. The molecule has 0 spiro atoms. The Kier molecular flexibility index (Phi) is 4.36. The molecule has 6 heteroatoms. The van der Waals surface area contributed by atoms with Gasteiger partial charge in [0.25, 0.3) is 0 Å². The number of hydrogen-bond donors (Lipinski definition) is 1. The molecule has 1 heterocycles. The summed E-state index contributed by atoms with van der Waals surface area (Å²) in [6.45, 7) is 4.03. The summed E-state index contributed by atoms with van der Waals surface area (Å²) in [4.78, 5) is 19.3. The number of hydrogen-bond acceptors (Lipinski definition) is 6. The van der Waals surface area contributed by atoms with Crippen molar-refractivity contribution in [3.63, 3.8) is 0 Å². The Bertz CT molecular complexity index is 357. The van der Waals surface area contributed by atoms with Gasteiger partial charge in [0, 0.05) is 6.20 Å². The van der Waals surface area contributed by atoms with Crippen LogP contribution in [0.2, 0.25) is 0 Å². The number of anilines is 1. The van der Waals surface area contributed by atoms with Gasteiger partial charge in [-0.15, -0.1) is 0 Å². The summed E-state index contributed by atoms with van der Waals surface area (Å²) in [5, 5.41) is 0.572. The van der Waals surface area contributed by atoms with Crippen molar-refractivity contribution in [3.05, 3.63) is 11.8 Å². The van der Waals surface area contributed by atoms with Gasteiger partial charge in [-0.1, -0.05) is 18.7 Å². The molecular formula is C9H13N3O2S. The number of ether oxygens (including phenoxy) is 1. The third kappa shape index (κ3) is 3.09. The minimum Gasteiger partial charge on any atom is -0.462 e. The second-order valence-corrected chi connectivity index (χ2v) is 3.84. The first kappa shape index (κ1) is 11.8. The number of nitrogens with two attached hydrogens (primary N) is 1. The van der Waals surface area contributed by atoms with Crippen LogP contribution >= 0.6 is 11.8 Å². The van der Waals surface area contributed by atoms with Crippen molar-refractivity contribution in [2.75, 3.05) is 18.1 Å².